The van der Waals surface area contributed by atoms with Crippen molar-refractivity contribution in [3.8, 4) is 11.1 Å². The smallest absolute Gasteiger partial charge is 0.410 e. The second-order valence-electron chi connectivity index (χ2n) is 10.1. The summed E-state index contributed by atoms with van der Waals surface area (Å²) in [7, 11) is 0. The van der Waals surface area contributed by atoms with Crippen molar-refractivity contribution >= 4 is 11.9 Å². The Hall–Kier alpha value is -3.58. The molecule has 2 heterocycles. The highest BCUT2D eigenvalue weighted by Gasteiger charge is 2.44. The summed E-state index contributed by atoms with van der Waals surface area (Å²) >= 11 is 0. The topological polar surface area (TPSA) is 55.8 Å². The predicted octanol–water partition coefficient (Wildman–Crippen LogP) is 5.50. The highest BCUT2D eigenvalue weighted by molar-refractivity contribution is 5.84. The van der Waals surface area contributed by atoms with Crippen LogP contribution in [-0.2, 0) is 20.7 Å². The summed E-state index contributed by atoms with van der Waals surface area (Å²) in [5.41, 5.74) is 4.69. The molecule has 5 nitrogen and oxygen atoms in total. The number of Topliss-reactive ketones (excluding diaryl/α,β-unsaturated/α-hetero) is 1. The summed E-state index contributed by atoms with van der Waals surface area (Å²) in [5, 5.41) is 0. The molecule has 3 aromatic carbocycles. The average molecular weight is 504 g/mol. The quantitative estimate of drug-likeness (QED) is 0.461. The summed E-state index contributed by atoms with van der Waals surface area (Å²) in [5.74, 6) is -2.46. The van der Waals surface area contributed by atoms with Crippen LogP contribution >= 0.6 is 0 Å². The predicted molar refractivity (Wildman–Crippen MR) is 133 cm³/mol. The first-order chi connectivity index (χ1) is 18.0. The average Bonchev–Trinajstić information content (AvgIpc) is 3.23. The lowest BCUT2D eigenvalue weighted by Crippen LogP contribution is -2.60. The molecule has 190 valence electrons. The normalized spacial score (nSPS) is 22.3. The molecule has 2 unspecified atom stereocenters. The number of carbonyl (C=O) groups is 2. The Kier molecular flexibility index (Phi) is 6.24. The second-order valence-corrected chi connectivity index (χ2v) is 10.1. The monoisotopic (exact) mass is 503 g/mol. The van der Waals surface area contributed by atoms with E-state index >= 15 is 0 Å². The van der Waals surface area contributed by atoms with Gasteiger partial charge in [-0.1, -0.05) is 60.7 Å². The molecule has 2 bridgehead atoms. The van der Waals surface area contributed by atoms with Crippen LogP contribution < -0.4 is 0 Å². The number of piperidine rings is 1. The molecule has 37 heavy (non-hydrogen) atoms. The van der Waals surface area contributed by atoms with E-state index < -0.39 is 17.7 Å². The van der Waals surface area contributed by atoms with Crippen LogP contribution in [0.5, 0.6) is 0 Å². The molecule has 0 N–H and O–H groups in total. The molecular weight excluding hydrogens is 476 g/mol. The fourth-order valence-corrected chi connectivity index (χ4v) is 6.16. The molecule has 1 aliphatic carbocycles. The number of halogens is 2. The van der Waals surface area contributed by atoms with Gasteiger partial charge in [0.25, 0.3) is 0 Å². The van der Waals surface area contributed by atoms with Crippen LogP contribution in [0, 0.1) is 17.6 Å². The third-order valence-corrected chi connectivity index (χ3v) is 7.92. The third kappa shape index (κ3) is 4.31. The van der Waals surface area contributed by atoms with E-state index in [1.54, 1.807) is 4.90 Å². The van der Waals surface area contributed by atoms with E-state index in [0.717, 1.165) is 17.2 Å². The molecule has 2 atom stereocenters. The van der Waals surface area contributed by atoms with Crippen molar-refractivity contribution < 1.29 is 27.8 Å². The number of morpholine rings is 1. The summed E-state index contributed by atoms with van der Waals surface area (Å²) < 4.78 is 39.3. The van der Waals surface area contributed by atoms with Gasteiger partial charge in [0.15, 0.2) is 11.6 Å². The van der Waals surface area contributed by atoms with Gasteiger partial charge < -0.3 is 9.47 Å². The summed E-state index contributed by atoms with van der Waals surface area (Å²) in [4.78, 5) is 28.0. The Morgan fingerprint density at radius 1 is 0.865 bits per heavy atom. The van der Waals surface area contributed by atoms with Gasteiger partial charge in [0.05, 0.1) is 25.3 Å². The molecule has 6 rings (SSSR count). The molecule has 1 amide bonds. The Balaban J connectivity index is 1.14. The van der Waals surface area contributed by atoms with Gasteiger partial charge in [0, 0.05) is 18.3 Å². The van der Waals surface area contributed by atoms with E-state index in [1.165, 1.54) is 23.3 Å². The summed E-state index contributed by atoms with van der Waals surface area (Å²) in [6.45, 7) is 0.864. The lowest BCUT2D eigenvalue weighted by molar-refractivity contribution is -0.130. The Labute approximate surface area is 214 Å². The number of carbonyl (C=O) groups excluding carboxylic acids is 2. The minimum absolute atomic E-state index is 0.0345. The fourth-order valence-electron chi connectivity index (χ4n) is 6.16. The maximum Gasteiger partial charge on any atom is 0.410 e. The van der Waals surface area contributed by atoms with Crippen LogP contribution in [0.25, 0.3) is 11.1 Å². The van der Waals surface area contributed by atoms with Gasteiger partial charge in [0.1, 0.15) is 12.4 Å². The molecule has 2 aliphatic heterocycles. The number of hydrogen-bond acceptors (Lipinski definition) is 4. The lowest BCUT2D eigenvalue weighted by Gasteiger charge is -2.47. The standard InChI is InChI=1S/C30H27F2NO4/c31-27-11-5-6-18(29(27)32)14-28(34)19-12-20-15-36-16-21(13-19)33(20)30(35)37-17-26-24-9-3-1-7-22(24)23-8-2-4-10-25(23)26/h1-11,19-21,26H,12-17H2. The third-order valence-electron chi connectivity index (χ3n) is 7.92. The van der Waals surface area contributed by atoms with E-state index in [2.05, 4.69) is 24.3 Å². The van der Waals surface area contributed by atoms with Gasteiger partial charge in [-0.3, -0.25) is 9.69 Å². The van der Waals surface area contributed by atoms with Crippen LogP contribution in [0.2, 0.25) is 0 Å². The molecule has 0 aromatic heterocycles. The van der Waals surface area contributed by atoms with Crippen molar-refractivity contribution in [2.75, 3.05) is 19.8 Å². The largest absolute Gasteiger partial charge is 0.448 e. The number of hydrogen-bond donors (Lipinski definition) is 0. The first-order valence-electron chi connectivity index (χ1n) is 12.7. The summed E-state index contributed by atoms with van der Waals surface area (Å²) in [6, 6.07) is 19.7. The number of ketones is 1. The van der Waals surface area contributed by atoms with E-state index in [0.29, 0.717) is 26.1 Å². The van der Waals surface area contributed by atoms with Crippen LogP contribution in [0.3, 0.4) is 0 Å². The van der Waals surface area contributed by atoms with Crippen molar-refractivity contribution in [3.63, 3.8) is 0 Å². The maximum absolute atomic E-state index is 14.1. The van der Waals surface area contributed by atoms with Crippen molar-refractivity contribution in [1.29, 1.82) is 0 Å². The van der Waals surface area contributed by atoms with Crippen molar-refractivity contribution in [3.05, 3.63) is 95.1 Å². The lowest BCUT2D eigenvalue weighted by atomic mass is 9.81. The molecular formula is C30H27F2NO4. The van der Waals surface area contributed by atoms with Crippen molar-refractivity contribution in [2.45, 2.75) is 37.3 Å². The van der Waals surface area contributed by atoms with Gasteiger partial charge >= 0.3 is 6.09 Å². The Morgan fingerprint density at radius 2 is 1.49 bits per heavy atom. The number of nitrogens with zero attached hydrogens (tertiary/aromatic N) is 1. The van der Waals surface area contributed by atoms with Crippen LogP contribution in [-0.4, -0.2) is 48.7 Å². The highest BCUT2D eigenvalue weighted by atomic mass is 19.2. The van der Waals surface area contributed by atoms with Gasteiger partial charge in [-0.05, 0) is 46.7 Å². The number of fused-ring (bicyclic) bond motifs is 5. The van der Waals surface area contributed by atoms with Crippen LogP contribution in [0.1, 0.15) is 35.4 Å². The molecule has 0 saturated carbocycles. The van der Waals surface area contributed by atoms with Gasteiger partial charge in [-0.25, -0.2) is 13.6 Å². The van der Waals surface area contributed by atoms with Crippen molar-refractivity contribution in [2.24, 2.45) is 5.92 Å². The molecule has 7 heteroatoms. The van der Waals surface area contributed by atoms with Crippen LogP contribution in [0.4, 0.5) is 13.6 Å². The van der Waals surface area contributed by atoms with E-state index in [9.17, 15) is 18.4 Å². The number of rotatable bonds is 5. The first-order valence-corrected chi connectivity index (χ1v) is 12.7. The van der Waals surface area contributed by atoms with E-state index in [4.69, 9.17) is 9.47 Å². The van der Waals surface area contributed by atoms with Gasteiger partial charge in [0.2, 0.25) is 0 Å². The molecule has 0 radical (unpaired) electrons. The second kappa shape index (κ2) is 9.71. The van der Waals surface area contributed by atoms with E-state index in [-0.39, 0.29) is 48.3 Å². The van der Waals surface area contributed by atoms with Crippen LogP contribution in [0.15, 0.2) is 66.7 Å². The Morgan fingerprint density at radius 3 is 2.14 bits per heavy atom. The minimum Gasteiger partial charge on any atom is -0.448 e. The zero-order valence-electron chi connectivity index (χ0n) is 20.2. The SMILES string of the molecule is O=C(Cc1cccc(F)c1F)C1CC2COCC(C1)N2C(=O)OCC1c2ccccc2-c2ccccc21. The molecule has 3 aromatic rings. The van der Waals surface area contributed by atoms with Crippen molar-refractivity contribution in [1.82, 2.24) is 4.90 Å². The van der Waals surface area contributed by atoms with Gasteiger partial charge in [-0.2, -0.15) is 0 Å². The molecule has 2 saturated heterocycles. The zero-order chi connectivity index (χ0) is 25.5. The zero-order valence-corrected chi connectivity index (χ0v) is 20.2. The Bertz CT molecular complexity index is 1300. The summed E-state index contributed by atoms with van der Waals surface area (Å²) in [6.07, 6.45) is 0.258. The first kappa shape index (κ1) is 23.8. The highest BCUT2D eigenvalue weighted by Crippen LogP contribution is 2.44. The fraction of sp³-hybridized carbons (Fsp3) is 0.333. The number of ether oxygens (including phenoxy) is 2. The maximum atomic E-state index is 14.1. The molecule has 3 aliphatic rings. The number of amides is 1. The molecule has 2 fully saturated rings. The van der Waals surface area contributed by atoms with E-state index in [1.807, 2.05) is 24.3 Å². The van der Waals surface area contributed by atoms with Gasteiger partial charge in [-0.15, -0.1) is 0 Å². The number of benzene rings is 3. The minimum atomic E-state index is -0.976. The molecule has 0 spiro atoms.